The monoisotopic (exact) mass is 500 g/mol. The maximum atomic E-state index is 14.3. The molecule has 0 saturated heterocycles. The Kier molecular flexibility index (Phi) is 7.12. The molecule has 3 aromatic rings. The van der Waals surface area contributed by atoms with Crippen LogP contribution in [0.4, 0.5) is 23.2 Å². The van der Waals surface area contributed by atoms with E-state index in [0.717, 1.165) is 21.7 Å². The number of anilines is 1. The number of hydrazone groups is 1. The Morgan fingerprint density at radius 1 is 1.06 bits per heavy atom. The van der Waals surface area contributed by atoms with Gasteiger partial charge in [0.25, 0.3) is 0 Å². The number of nitrogens with zero attached hydrogens (tertiary/aromatic N) is 2. The molecule has 36 heavy (non-hydrogen) atoms. The molecular weight excluding hydrogens is 476 g/mol. The average Bonchev–Trinajstić information content (AvgIpc) is 3.25. The summed E-state index contributed by atoms with van der Waals surface area (Å²) in [6.07, 6.45) is -5.01. The number of aliphatic hydroxyl groups excluding tert-OH is 1. The third kappa shape index (κ3) is 5.57. The van der Waals surface area contributed by atoms with Crippen LogP contribution in [-0.2, 0) is 17.8 Å². The second-order valence-electron chi connectivity index (χ2n) is 8.80. The molecular formula is C27H24F4N2O3. The number of benzene rings is 3. The van der Waals surface area contributed by atoms with Crippen LogP contribution < -0.4 is 5.01 Å². The van der Waals surface area contributed by atoms with Gasteiger partial charge in [-0.1, -0.05) is 36.4 Å². The number of aliphatic carboxylic acids is 1. The zero-order chi connectivity index (χ0) is 26.0. The van der Waals surface area contributed by atoms with Gasteiger partial charge in [-0.05, 0) is 65.4 Å². The molecule has 0 amide bonds. The average molecular weight is 500 g/mol. The number of carboxylic acids is 1. The van der Waals surface area contributed by atoms with E-state index >= 15 is 0 Å². The standard InChI is InChI=1S/C27H24F4N2O3/c1-16-10-20(23-12-18(15-34)4-9-24(23)28)6-5-19(16)11-17-2-7-21(8-3-17)33-22(14-26(35)36)13-25(32-33)27(29,30)31/h2-10,12,22,34H,11,13-15H2,1H3,(H,35,36). The molecule has 0 radical (unpaired) electrons. The zero-order valence-electron chi connectivity index (χ0n) is 19.4. The minimum Gasteiger partial charge on any atom is -0.481 e. The lowest BCUT2D eigenvalue weighted by molar-refractivity contribution is -0.137. The van der Waals surface area contributed by atoms with Gasteiger partial charge in [-0.2, -0.15) is 18.3 Å². The van der Waals surface area contributed by atoms with Crippen molar-refractivity contribution in [1.29, 1.82) is 0 Å². The maximum absolute atomic E-state index is 14.3. The number of aryl methyl sites for hydroxylation is 1. The van der Waals surface area contributed by atoms with Crippen molar-refractivity contribution in [3.63, 3.8) is 0 Å². The largest absolute Gasteiger partial charge is 0.481 e. The first kappa shape index (κ1) is 25.4. The highest BCUT2D eigenvalue weighted by Gasteiger charge is 2.43. The minimum absolute atomic E-state index is 0.183. The molecule has 9 heteroatoms. The molecule has 1 unspecified atom stereocenters. The number of carbonyl (C=O) groups is 1. The molecule has 0 aromatic heterocycles. The second kappa shape index (κ2) is 10.1. The summed E-state index contributed by atoms with van der Waals surface area (Å²) in [5.41, 5.74) is 3.93. The molecule has 3 aromatic carbocycles. The number of carboxylic acid groups (broad SMARTS) is 1. The molecule has 188 valence electrons. The molecule has 0 aliphatic carbocycles. The topological polar surface area (TPSA) is 73.1 Å². The summed E-state index contributed by atoms with van der Waals surface area (Å²) in [7, 11) is 0. The number of alkyl halides is 3. The van der Waals surface area contributed by atoms with Crippen molar-refractivity contribution in [2.75, 3.05) is 5.01 Å². The summed E-state index contributed by atoms with van der Waals surface area (Å²) in [6, 6.07) is 15.9. The van der Waals surface area contributed by atoms with Crippen LogP contribution in [0.1, 0.15) is 35.1 Å². The predicted octanol–water partition coefficient (Wildman–Crippen LogP) is 5.86. The molecule has 0 saturated carbocycles. The lowest BCUT2D eigenvalue weighted by Crippen LogP contribution is -2.29. The van der Waals surface area contributed by atoms with E-state index in [1.165, 1.54) is 12.1 Å². The highest BCUT2D eigenvalue weighted by Crippen LogP contribution is 2.33. The molecule has 1 aliphatic rings. The Bertz CT molecular complexity index is 1300. The van der Waals surface area contributed by atoms with Crippen molar-refractivity contribution in [3.8, 4) is 11.1 Å². The summed E-state index contributed by atoms with van der Waals surface area (Å²) in [5, 5.41) is 23.2. The molecule has 1 aliphatic heterocycles. The van der Waals surface area contributed by atoms with E-state index in [1.54, 1.807) is 30.3 Å². The van der Waals surface area contributed by atoms with Crippen LogP contribution in [0, 0.1) is 12.7 Å². The quantitative estimate of drug-likeness (QED) is 0.399. The van der Waals surface area contributed by atoms with Gasteiger partial charge >= 0.3 is 12.1 Å². The second-order valence-corrected chi connectivity index (χ2v) is 8.80. The fraction of sp³-hybridized carbons (Fsp3) is 0.259. The van der Waals surface area contributed by atoms with Crippen LogP contribution in [0.25, 0.3) is 11.1 Å². The first-order chi connectivity index (χ1) is 17.0. The molecule has 2 N–H and O–H groups in total. The van der Waals surface area contributed by atoms with E-state index in [0.29, 0.717) is 28.8 Å². The summed E-state index contributed by atoms with van der Waals surface area (Å²) in [5.74, 6) is -1.57. The van der Waals surface area contributed by atoms with Gasteiger partial charge in [0.15, 0.2) is 0 Å². The number of hydrogen-bond donors (Lipinski definition) is 2. The summed E-state index contributed by atoms with van der Waals surface area (Å²) in [4.78, 5) is 11.2. The van der Waals surface area contributed by atoms with Crippen molar-refractivity contribution in [2.24, 2.45) is 5.10 Å². The fourth-order valence-electron chi connectivity index (χ4n) is 4.30. The van der Waals surface area contributed by atoms with Gasteiger partial charge in [0, 0.05) is 12.0 Å². The Morgan fingerprint density at radius 2 is 1.75 bits per heavy atom. The van der Waals surface area contributed by atoms with E-state index in [1.807, 2.05) is 25.1 Å². The molecule has 0 spiro atoms. The van der Waals surface area contributed by atoms with Crippen LogP contribution in [0.3, 0.4) is 0 Å². The normalized spacial score (nSPS) is 15.8. The predicted molar refractivity (Wildman–Crippen MR) is 128 cm³/mol. The van der Waals surface area contributed by atoms with Crippen LogP contribution >= 0.6 is 0 Å². The van der Waals surface area contributed by atoms with E-state index in [-0.39, 0.29) is 12.4 Å². The van der Waals surface area contributed by atoms with Crippen molar-refractivity contribution in [2.45, 2.75) is 45.0 Å². The highest BCUT2D eigenvalue weighted by molar-refractivity contribution is 5.94. The van der Waals surface area contributed by atoms with Crippen molar-refractivity contribution in [3.05, 3.63) is 88.7 Å². The summed E-state index contributed by atoms with van der Waals surface area (Å²) < 4.78 is 53.8. The molecule has 4 rings (SSSR count). The number of halogens is 4. The summed E-state index contributed by atoms with van der Waals surface area (Å²) >= 11 is 0. The first-order valence-electron chi connectivity index (χ1n) is 11.3. The Hall–Kier alpha value is -3.72. The fourth-order valence-corrected chi connectivity index (χ4v) is 4.30. The van der Waals surface area contributed by atoms with Gasteiger partial charge < -0.3 is 10.2 Å². The van der Waals surface area contributed by atoms with Gasteiger partial charge in [0.05, 0.1) is 24.8 Å². The van der Waals surface area contributed by atoms with Crippen LogP contribution in [-0.4, -0.2) is 34.1 Å². The van der Waals surface area contributed by atoms with Crippen LogP contribution in [0.15, 0.2) is 65.8 Å². The first-order valence-corrected chi connectivity index (χ1v) is 11.3. The third-order valence-corrected chi connectivity index (χ3v) is 6.20. The van der Waals surface area contributed by atoms with Crippen molar-refractivity contribution >= 4 is 17.4 Å². The van der Waals surface area contributed by atoms with Crippen LogP contribution in [0.5, 0.6) is 0 Å². The maximum Gasteiger partial charge on any atom is 0.431 e. The van der Waals surface area contributed by atoms with E-state index < -0.39 is 36.7 Å². The van der Waals surface area contributed by atoms with Gasteiger partial charge in [0.1, 0.15) is 11.5 Å². The van der Waals surface area contributed by atoms with Crippen molar-refractivity contribution in [1.82, 2.24) is 0 Å². The zero-order valence-corrected chi connectivity index (χ0v) is 19.4. The highest BCUT2D eigenvalue weighted by atomic mass is 19.4. The van der Waals surface area contributed by atoms with Crippen molar-refractivity contribution < 1.29 is 32.6 Å². The molecule has 5 nitrogen and oxygen atoms in total. The van der Waals surface area contributed by atoms with E-state index in [2.05, 4.69) is 5.10 Å². The van der Waals surface area contributed by atoms with Gasteiger partial charge in [-0.3, -0.25) is 9.80 Å². The van der Waals surface area contributed by atoms with E-state index in [9.17, 15) is 27.5 Å². The smallest absolute Gasteiger partial charge is 0.431 e. The number of aliphatic hydroxyl groups is 1. The Morgan fingerprint density at radius 3 is 2.36 bits per heavy atom. The Labute approximate surface area is 205 Å². The molecule has 1 heterocycles. The van der Waals surface area contributed by atoms with E-state index in [4.69, 9.17) is 5.11 Å². The molecule has 0 fully saturated rings. The number of hydrogen-bond acceptors (Lipinski definition) is 4. The SMILES string of the molecule is Cc1cc(-c2cc(CO)ccc2F)ccc1Cc1ccc(N2N=C(C(F)(F)F)CC2CC(=O)O)cc1. The number of rotatable bonds is 7. The molecule has 1 atom stereocenters. The van der Waals surface area contributed by atoms with Gasteiger partial charge in [-0.15, -0.1) is 0 Å². The Balaban J connectivity index is 1.53. The third-order valence-electron chi connectivity index (χ3n) is 6.20. The summed E-state index contributed by atoms with van der Waals surface area (Å²) in [6.45, 7) is 1.73. The minimum atomic E-state index is -4.61. The molecule has 0 bridgehead atoms. The van der Waals surface area contributed by atoms with Gasteiger partial charge in [0.2, 0.25) is 0 Å². The lowest BCUT2D eigenvalue weighted by atomic mass is 9.95. The van der Waals surface area contributed by atoms with Gasteiger partial charge in [-0.25, -0.2) is 4.39 Å². The lowest BCUT2D eigenvalue weighted by Gasteiger charge is -2.22. The van der Waals surface area contributed by atoms with Crippen LogP contribution in [0.2, 0.25) is 0 Å².